The predicted molar refractivity (Wildman–Crippen MR) is 59.0 cm³/mol. The highest BCUT2D eigenvalue weighted by molar-refractivity contribution is 5.01. The van der Waals surface area contributed by atoms with E-state index >= 15 is 0 Å². The second-order valence-electron chi connectivity index (χ2n) is 5.25. The van der Waals surface area contributed by atoms with Crippen LogP contribution < -0.4 is 5.73 Å². The van der Waals surface area contributed by atoms with Gasteiger partial charge in [0.15, 0.2) is 0 Å². The number of hydrogen-bond donors (Lipinski definition) is 1. The summed E-state index contributed by atoms with van der Waals surface area (Å²) in [7, 11) is 0. The summed E-state index contributed by atoms with van der Waals surface area (Å²) >= 11 is 0. The lowest BCUT2D eigenvalue weighted by Crippen LogP contribution is -2.24. The largest absolute Gasteiger partial charge is 0.333 e. The maximum absolute atomic E-state index is 5.77. The molecule has 1 heterocycles. The van der Waals surface area contributed by atoms with Crippen LogP contribution in [0.4, 0.5) is 0 Å². The van der Waals surface area contributed by atoms with E-state index in [9.17, 15) is 0 Å². The van der Waals surface area contributed by atoms with E-state index in [2.05, 4.69) is 30.3 Å². The zero-order valence-corrected chi connectivity index (χ0v) is 9.62. The lowest BCUT2D eigenvalue weighted by molar-refractivity contribution is 0.394. The molecule has 14 heavy (non-hydrogen) atoms. The fourth-order valence-electron chi connectivity index (χ4n) is 1.51. The maximum atomic E-state index is 5.77. The van der Waals surface area contributed by atoms with Crippen molar-refractivity contribution in [1.82, 2.24) is 9.55 Å². The minimum absolute atomic E-state index is 0.183. The molecule has 1 rings (SSSR count). The van der Waals surface area contributed by atoms with Crippen molar-refractivity contribution in [2.75, 3.05) is 0 Å². The number of nitrogens with zero attached hydrogens (tertiary/aromatic N) is 2. The van der Waals surface area contributed by atoms with E-state index in [0.717, 1.165) is 13.0 Å². The molecular weight excluding hydrogens is 174 g/mol. The molecule has 80 valence electrons. The van der Waals surface area contributed by atoms with Gasteiger partial charge < -0.3 is 10.3 Å². The standard InChI is InChI=1S/C11H21N3/c1-9(12)7-14-8-13-6-10(14)5-11(2,3)4/h6,8-9H,5,7,12H2,1-4H3. The van der Waals surface area contributed by atoms with Gasteiger partial charge in [-0.1, -0.05) is 20.8 Å². The molecule has 3 nitrogen and oxygen atoms in total. The van der Waals surface area contributed by atoms with Crippen LogP contribution in [-0.4, -0.2) is 15.6 Å². The summed E-state index contributed by atoms with van der Waals surface area (Å²) in [6.45, 7) is 9.56. The molecule has 3 heteroatoms. The molecule has 0 aliphatic carbocycles. The van der Waals surface area contributed by atoms with E-state index in [0.29, 0.717) is 5.41 Å². The third kappa shape index (κ3) is 3.50. The van der Waals surface area contributed by atoms with Gasteiger partial charge in [-0.3, -0.25) is 0 Å². The Kier molecular flexibility index (Phi) is 3.32. The Morgan fingerprint density at radius 2 is 2.14 bits per heavy atom. The molecule has 0 bridgehead atoms. The first-order chi connectivity index (χ1) is 6.38. The topological polar surface area (TPSA) is 43.8 Å². The van der Waals surface area contributed by atoms with Crippen LogP contribution in [-0.2, 0) is 13.0 Å². The Morgan fingerprint density at radius 3 is 2.64 bits per heavy atom. The summed E-state index contributed by atoms with van der Waals surface area (Å²) in [4.78, 5) is 4.17. The van der Waals surface area contributed by atoms with E-state index in [1.54, 1.807) is 0 Å². The first-order valence-corrected chi connectivity index (χ1v) is 5.13. The Labute approximate surface area is 86.3 Å². The van der Waals surface area contributed by atoms with Crippen molar-refractivity contribution in [2.24, 2.45) is 11.1 Å². The van der Waals surface area contributed by atoms with Crippen molar-refractivity contribution in [2.45, 2.75) is 46.7 Å². The van der Waals surface area contributed by atoms with Crippen LogP contribution >= 0.6 is 0 Å². The summed E-state index contributed by atoms with van der Waals surface area (Å²) in [5, 5.41) is 0. The van der Waals surface area contributed by atoms with Gasteiger partial charge in [0.1, 0.15) is 0 Å². The minimum Gasteiger partial charge on any atom is -0.333 e. The van der Waals surface area contributed by atoms with Crippen LogP contribution in [0.3, 0.4) is 0 Å². The lowest BCUT2D eigenvalue weighted by Gasteiger charge is -2.19. The van der Waals surface area contributed by atoms with Crippen LogP contribution in [0.1, 0.15) is 33.4 Å². The van der Waals surface area contributed by atoms with Crippen molar-refractivity contribution in [3.8, 4) is 0 Å². The van der Waals surface area contributed by atoms with Crippen LogP contribution in [0, 0.1) is 5.41 Å². The Balaban J connectivity index is 2.72. The second kappa shape index (κ2) is 4.13. The lowest BCUT2D eigenvalue weighted by atomic mass is 9.91. The summed E-state index contributed by atoms with van der Waals surface area (Å²) in [6, 6.07) is 0.183. The van der Waals surface area contributed by atoms with E-state index in [1.165, 1.54) is 5.69 Å². The zero-order valence-electron chi connectivity index (χ0n) is 9.62. The summed E-state index contributed by atoms with van der Waals surface area (Å²) < 4.78 is 2.15. The molecule has 0 saturated heterocycles. The van der Waals surface area contributed by atoms with Crippen LogP contribution in [0.5, 0.6) is 0 Å². The molecule has 0 spiro atoms. The first kappa shape index (κ1) is 11.2. The third-order valence-corrected chi connectivity index (χ3v) is 1.99. The van der Waals surface area contributed by atoms with E-state index in [4.69, 9.17) is 5.73 Å². The molecule has 2 N–H and O–H groups in total. The van der Waals surface area contributed by atoms with Crippen molar-refractivity contribution in [3.63, 3.8) is 0 Å². The van der Waals surface area contributed by atoms with Gasteiger partial charge in [-0.25, -0.2) is 4.98 Å². The van der Waals surface area contributed by atoms with Crippen molar-refractivity contribution in [3.05, 3.63) is 18.2 Å². The molecule has 0 amide bonds. The number of imidazole rings is 1. The van der Waals surface area contributed by atoms with E-state index in [1.807, 2.05) is 19.4 Å². The Morgan fingerprint density at radius 1 is 1.50 bits per heavy atom. The Bertz CT molecular complexity index is 281. The smallest absolute Gasteiger partial charge is 0.0948 e. The molecule has 1 aromatic heterocycles. The highest BCUT2D eigenvalue weighted by Gasteiger charge is 2.14. The number of aromatic nitrogens is 2. The molecule has 0 radical (unpaired) electrons. The third-order valence-electron chi connectivity index (χ3n) is 1.99. The molecule has 0 saturated carbocycles. The quantitative estimate of drug-likeness (QED) is 0.799. The number of hydrogen-bond acceptors (Lipinski definition) is 2. The fraction of sp³-hybridized carbons (Fsp3) is 0.727. The van der Waals surface area contributed by atoms with Gasteiger partial charge in [-0.2, -0.15) is 0 Å². The zero-order chi connectivity index (χ0) is 10.8. The summed E-state index contributed by atoms with van der Waals surface area (Å²) in [5.41, 5.74) is 7.34. The monoisotopic (exact) mass is 195 g/mol. The molecule has 1 unspecified atom stereocenters. The van der Waals surface area contributed by atoms with E-state index < -0.39 is 0 Å². The minimum atomic E-state index is 0.183. The van der Waals surface area contributed by atoms with Crippen molar-refractivity contribution in [1.29, 1.82) is 0 Å². The normalized spacial score (nSPS) is 14.4. The van der Waals surface area contributed by atoms with Gasteiger partial charge in [-0.15, -0.1) is 0 Å². The Hall–Kier alpha value is -0.830. The highest BCUT2D eigenvalue weighted by atomic mass is 15.1. The molecular formula is C11H21N3. The van der Waals surface area contributed by atoms with Gasteiger partial charge in [0.05, 0.1) is 6.33 Å². The molecule has 0 aliphatic heterocycles. The molecule has 1 atom stereocenters. The molecule has 0 aromatic carbocycles. The van der Waals surface area contributed by atoms with Crippen LogP contribution in [0.2, 0.25) is 0 Å². The van der Waals surface area contributed by atoms with Gasteiger partial charge >= 0.3 is 0 Å². The predicted octanol–water partition coefficient (Wildman–Crippen LogP) is 1.82. The van der Waals surface area contributed by atoms with Crippen LogP contribution in [0.25, 0.3) is 0 Å². The maximum Gasteiger partial charge on any atom is 0.0948 e. The molecule has 0 aliphatic rings. The SMILES string of the molecule is CC(N)Cn1cncc1CC(C)(C)C. The van der Waals surface area contributed by atoms with Gasteiger partial charge in [0.2, 0.25) is 0 Å². The first-order valence-electron chi connectivity index (χ1n) is 5.13. The second-order valence-corrected chi connectivity index (χ2v) is 5.25. The van der Waals surface area contributed by atoms with Gasteiger partial charge in [0.25, 0.3) is 0 Å². The summed E-state index contributed by atoms with van der Waals surface area (Å²) in [5.74, 6) is 0. The average molecular weight is 195 g/mol. The van der Waals surface area contributed by atoms with Crippen molar-refractivity contribution < 1.29 is 0 Å². The summed E-state index contributed by atoms with van der Waals surface area (Å²) in [6.07, 6.45) is 4.85. The average Bonchev–Trinajstić information content (AvgIpc) is 2.32. The number of nitrogens with two attached hydrogens (primary N) is 1. The highest BCUT2D eigenvalue weighted by Crippen LogP contribution is 2.20. The molecule has 1 aromatic rings. The number of rotatable bonds is 3. The fourth-order valence-corrected chi connectivity index (χ4v) is 1.51. The van der Waals surface area contributed by atoms with Crippen LogP contribution in [0.15, 0.2) is 12.5 Å². The van der Waals surface area contributed by atoms with E-state index in [-0.39, 0.29) is 6.04 Å². The van der Waals surface area contributed by atoms with Gasteiger partial charge in [0, 0.05) is 24.5 Å². The van der Waals surface area contributed by atoms with Gasteiger partial charge in [-0.05, 0) is 18.8 Å². The van der Waals surface area contributed by atoms with Crippen molar-refractivity contribution >= 4 is 0 Å². The molecule has 0 fully saturated rings.